The van der Waals surface area contributed by atoms with Crippen LogP contribution in [0, 0.1) is 6.92 Å². The number of carbonyl (C=O) groups is 1. The van der Waals surface area contributed by atoms with Crippen LogP contribution in [0.5, 0.6) is 5.75 Å². The van der Waals surface area contributed by atoms with Crippen LogP contribution < -0.4 is 4.74 Å². The first-order valence-electron chi connectivity index (χ1n) is 9.11. The molecule has 1 aliphatic rings. The van der Waals surface area contributed by atoms with Crippen molar-refractivity contribution in [2.75, 3.05) is 6.54 Å². The van der Waals surface area contributed by atoms with Crippen LogP contribution in [0.15, 0.2) is 60.0 Å². The Hall–Kier alpha value is -2.80. The van der Waals surface area contributed by atoms with Gasteiger partial charge in [0.25, 0.3) is 5.91 Å². The lowest BCUT2D eigenvalue weighted by molar-refractivity contribution is -0.274. The number of alkyl halides is 3. The second-order valence-electron chi connectivity index (χ2n) is 6.94. The molecular formula is C22H18F3NO2S. The lowest BCUT2D eigenvalue weighted by atomic mass is 9.92. The molecule has 7 heteroatoms. The number of rotatable bonds is 3. The number of thiophene rings is 1. The van der Waals surface area contributed by atoms with E-state index < -0.39 is 6.36 Å². The van der Waals surface area contributed by atoms with Gasteiger partial charge in [-0.2, -0.15) is 0 Å². The maximum atomic E-state index is 13.3. The third-order valence-electron chi connectivity index (χ3n) is 4.92. The maximum absolute atomic E-state index is 13.3. The highest BCUT2D eigenvalue weighted by Crippen LogP contribution is 2.39. The number of benzene rings is 2. The van der Waals surface area contributed by atoms with Crippen molar-refractivity contribution >= 4 is 17.2 Å². The Morgan fingerprint density at radius 3 is 2.59 bits per heavy atom. The minimum absolute atomic E-state index is 0.0915. The van der Waals surface area contributed by atoms with E-state index in [-0.39, 0.29) is 17.7 Å². The lowest BCUT2D eigenvalue weighted by Gasteiger charge is -2.36. The van der Waals surface area contributed by atoms with E-state index in [4.69, 9.17) is 0 Å². The van der Waals surface area contributed by atoms with Gasteiger partial charge in [0.2, 0.25) is 0 Å². The molecule has 2 heterocycles. The fourth-order valence-electron chi connectivity index (χ4n) is 3.69. The highest BCUT2D eigenvalue weighted by atomic mass is 32.1. The molecule has 3 aromatic rings. The Bertz CT molecular complexity index is 1030. The van der Waals surface area contributed by atoms with Crippen LogP contribution in [0.4, 0.5) is 13.2 Å². The second-order valence-corrected chi connectivity index (χ2v) is 7.94. The summed E-state index contributed by atoms with van der Waals surface area (Å²) in [5, 5.41) is 1.99. The van der Waals surface area contributed by atoms with Crippen LogP contribution in [0.1, 0.15) is 38.0 Å². The van der Waals surface area contributed by atoms with Gasteiger partial charge >= 0.3 is 6.36 Å². The zero-order valence-electron chi connectivity index (χ0n) is 15.6. The molecule has 1 amide bonds. The summed E-state index contributed by atoms with van der Waals surface area (Å²) in [6.45, 7) is 2.48. The lowest BCUT2D eigenvalue weighted by Crippen LogP contribution is -2.40. The number of fused-ring (bicyclic) bond motifs is 1. The second kappa shape index (κ2) is 7.55. The fraction of sp³-hybridized carbons (Fsp3) is 0.227. The molecule has 0 spiro atoms. The third-order valence-corrected chi connectivity index (χ3v) is 5.92. The van der Waals surface area contributed by atoms with E-state index >= 15 is 0 Å². The monoisotopic (exact) mass is 417 g/mol. The summed E-state index contributed by atoms with van der Waals surface area (Å²) in [6.07, 6.45) is -3.98. The summed E-state index contributed by atoms with van der Waals surface area (Å²) >= 11 is 1.64. The average Bonchev–Trinajstić information content (AvgIpc) is 3.15. The van der Waals surface area contributed by atoms with Crippen molar-refractivity contribution in [3.05, 3.63) is 87.1 Å². The number of halogens is 3. The van der Waals surface area contributed by atoms with Gasteiger partial charge in [0.05, 0.1) is 6.04 Å². The molecule has 0 saturated carbocycles. The summed E-state index contributed by atoms with van der Waals surface area (Å²) < 4.78 is 41.4. The fourth-order valence-corrected chi connectivity index (χ4v) is 4.59. The predicted octanol–water partition coefficient (Wildman–Crippen LogP) is 5.74. The first kappa shape index (κ1) is 19.5. The Morgan fingerprint density at radius 1 is 1.14 bits per heavy atom. The van der Waals surface area contributed by atoms with Crippen molar-refractivity contribution in [3.8, 4) is 5.75 Å². The van der Waals surface area contributed by atoms with Crippen LogP contribution in [0.2, 0.25) is 0 Å². The molecule has 150 valence electrons. The highest BCUT2D eigenvalue weighted by Gasteiger charge is 2.34. The Labute approximate surface area is 170 Å². The van der Waals surface area contributed by atoms with E-state index in [0.717, 1.165) is 23.1 Å². The van der Waals surface area contributed by atoms with Gasteiger partial charge in [-0.1, -0.05) is 29.8 Å². The van der Waals surface area contributed by atoms with Crippen LogP contribution in [0.3, 0.4) is 0 Å². The summed E-state index contributed by atoms with van der Waals surface area (Å²) in [4.78, 5) is 16.3. The average molecular weight is 417 g/mol. The van der Waals surface area contributed by atoms with Crippen molar-refractivity contribution in [1.82, 2.24) is 4.90 Å². The summed E-state index contributed by atoms with van der Waals surface area (Å²) in [6, 6.07) is 14.8. The van der Waals surface area contributed by atoms with Crippen molar-refractivity contribution < 1.29 is 22.7 Å². The Kier molecular flexibility index (Phi) is 5.08. The van der Waals surface area contributed by atoms with E-state index in [1.165, 1.54) is 17.0 Å². The van der Waals surface area contributed by atoms with Crippen LogP contribution in [-0.2, 0) is 6.42 Å². The number of hydrogen-bond acceptors (Lipinski definition) is 3. The number of carbonyl (C=O) groups excluding carboxylic acids is 1. The zero-order valence-corrected chi connectivity index (χ0v) is 16.4. The normalized spacial score (nSPS) is 16.4. The summed E-state index contributed by atoms with van der Waals surface area (Å²) in [5.41, 5.74) is 3.37. The van der Waals surface area contributed by atoms with E-state index in [2.05, 4.69) is 4.74 Å². The number of hydrogen-bond donors (Lipinski definition) is 0. The van der Waals surface area contributed by atoms with Crippen molar-refractivity contribution in [3.63, 3.8) is 0 Å². The quantitative estimate of drug-likeness (QED) is 0.544. The number of amides is 1. The van der Waals surface area contributed by atoms with Gasteiger partial charge in [0.15, 0.2) is 0 Å². The smallest absolute Gasteiger partial charge is 0.406 e. The standard InChI is InChI=1S/C22H18F3NO2S/c1-14-3-2-4-16(13-14)21(27)26-11-9-19-18(10-12-29-19)20(26)15-5-7-17(8-6-15)28-22(23,24)25/h2-8,10,12-13,20H,9,11H2,1H3. The minimum atomic E-state index is -4.74. The Balaban J connectivity index is 1.70. The third kappa shape index (κ3) is 4.15. The van der Waals surface area contributed by atoms with E-state index in [1.54, 1.807) is 34.4 Å². The van der Waals surface area contributed by atoms with Gasteiger partial charge in [0.1, 0.15) is 5.75 Å². The molecular weight excluding hydrogens is 399 g/mol. The molecule has 3 nitrogen and oxygen atoms in total. The largest absolute Gasteiger partial charge is 0.573 e. The molecule has 1 aromatic heterocycles. The predicted molar refractivity (Wildman–Crippen MR) is 105 cm³/mol. The molecule has 0 radical (unpaired) electrons. The Morgan fingerprint density at radius 2 is 1.90 bits per heavy atom. The zero-order chi connectivity index (χ0) is 20.6. The number of aryl methyl sites for hydroxylation is 1. The summed E-state index contributed by atoms with van der Waals surface area (Å²) in [5.74, 6) is -0.370. The van der Waals surface area contributed by atoms with Crippen LogP contribution in [-0.4, -0.2) is 23.7 Å². The van der Waals surface area contributed by atoms with Crippen LogP contribution in [0.25, 0.3) is 0 Å². The molecule has 0 fully saturated rings. The van der Waals surface area contributed by atoms with Gasteiger partial charge in [0, 0.05) is 17.0 Å². The highest BCUT2D eigenvalue weighted by molar-refractivity contribution is 7.10. The van der Waals surface area contributed by atoms with Gasteiger partial charge in [-0.3, -0.25) is 4.79 Å². The molecule has 2 aromatic carbocycles. The van der Waals surface area contributed by atoms with Gasteiger partial charge in [-0.05, 0) is 60.2 Å². The minimum Gasteiger partial charge on any atom is -0.406 e. The topological polar surface area (TPSA) is 29.5 Å². The molecule has 4 rings (SSSR count). The van der Waals surface area contributed by atoms with Gasteiger partial charge in [-0.15, -0.1) is 24.5 Å². The van der Waals surface area contributed by atoms with Gasteiger partial charge in [-0.25, -0.2) is 0 Å². The molecule has 0 N–H and O–H groups in total. The molecule has 0 saturated heterocycles. The molecule has 1 aliphatic heterocycles. The molecule has 1 unspecified atom stereocenters. The molecule has 29 heavy (non-hydrogen) atoms. The van der Waals surface area contributed by atoms with Crippen LogP contribution >= 0.6 is 11.3 Å². The van der Waals surface area contributed by atoms with Crippen molar-refractivity contribution in [1.29, 1.82) is 0 Å². The van der Waals surface area contributed by atoms with Gasteiger partial charge < -0.3 is 9.64 Å². The number of ether oxygens (including phenoxy) is 1. The van der Waals surface area contributed by atoms with E-state index in [0.29, 0.717) is 12.1 Å². The first-order chi connectivity index (χ1) is 13.8. The first-order valence-corrected chi connectivity index (χ1v) is 9.99. The number of nitrogens with zero attached hydrogens (tertiary/aromatic N) is 1. The molecule has 0 aliphatic carbocycles. The van der Waals surface area contributed by atoms with Crippen molar-refractivity contribution in [2.24, 2.45) is 0 Å². The van der Waals surface area contributed by atoms with E-state index in [9.17, 15) is 18.0 Å². The molecule has 1 atom stereocenters. The maximum Gasteiger partial charge on any atom is 0.573 e. The van der Waals surface area contributed by atoms with E-state index in [1.807, 2.05) is 36.6 Å². The molecule has 0 bridgehead atoms. The SMILES string of the molecule is Cc1cccc(C(=O)N2CCc3sccc3C2c2ccc(OC(F)(F)F)cc2)c1. The summed E-state index contributed by atoms with van der Waals surface area (Å²) in [7, 11) is 0. The van der Waals surface area contributed by atoms with Crippen molar-refractivity contribution in [2.45, 2.75) is 25.7 Å².